The molecule has 0 spiro atoms. The molecule has 0 saturated heterocycles. The van der Waals surface area contributed by atoms with Crippen molar-refractivity contribution in [3.05, 3.63) is 28.8 Å². The summed E-state index contributed by atoms with van der Waals surface area (Å²) in [5, 5.41) is 10.6. The van der Waals surface area contributed by atoms with E-state index < -0.39 is 65.4 Å². The van der Waals surface area contributed by atoms with E-state index in [0.717, 1.165) is 7.11 Å². The number of carboxylic acids is 1. The van der Waals surface area contributed by atoms with E-state index in [0.29, 0.717) is 12.1 Å². The summed E-state index contributed by atoms with van der Waals surface area (Å²) in [6, 6.07) is 0.686. The van der Waals surface area contributed by atoms with E-state index in [1.54, 1.807) is 0 Å². The van der Waals surface area contributed by atoms with Gasteiger partial charge in [0.2, 0.25) is 0 Å². The number of aliphatic carboxylic acids is 1. The van der Waals surface area contributed by atoms with Crippen molar-refractivity contribution in [1.29, 1.82) is 0 Å². The molecule has 0 aliphatic carbocycles. The Morgan fingerprint density at radius 3 is 1.88 bits per heavy atom. The van der Waals surface area contributed by atoms with Crippen molar-refractivity contribution >= 4 is 17.6 Å². The molecule has 0 aromatic heterocycles. The number of halogens is 6. The fraction of sp³-hybridized carbons (Fsp3) is 0.429. The highest BCUT2D eigenvalue weighted by Gasteiger charge is 2.41. The molecule has 0 aliphatic rings. The van der Waals surface area contributed by atoms with Crippen LogP contribution >= 0.6 is 0 Å². The number of nitrogens with two attached hydrogens (primary N) is 1. The zero-order chi connectivity index (χ0) is 19.6. The third-order valence-corrected chi connectivity index (χ3v) is 3.28. The van der Waals surface area contributed by atoms with Crippen molar-refractivity contribution in [2.24, 2.45) is 5.92 Å². The molecule has 0 saturated carbocycles. The molecule has 1 aromatic rings. The molecule has 0 aliphatic heterocycles. The summed E-state index contributed by atoms with van der Waals surface area (Å²) >= 11 is 0. The minimum atomic E-state index is -5.17. The van der Waals surface area contributed by atoms with Crippen molar-refractivity contribution < 1.29 is 45.8 Å². The van der Waals surface area contributed by atoms with Crippen molar-refractivity contribution in [1.82, 2.24) is 0 Å². The van der Waals surface area contributed by atoms with Gasteiger partial charge in [-0.2, -0.15) is 26.3 Å². The lowest BCUT2D eigenvalue weighted by Crippen LogP contribution is -2.30. The van der Waals surface area contributed by atoms with Gasteiger partial charge in [-0.3, -0.25) is 4.79 Å². The Morgan fingerprint density at radius 2 is 1.56 bits per heavy atom. The highest BCUT2D eigenvalue weighted by molar-refractivity contribution is 5.78. The van der Waals surface area contributed by atoms with Gasteiger partial charge in [-0.25, -0.2) is 0 Å². The molecule has 0 fully saturated rings. The number of hydrogen-bond acceptors (Lipinski definition) is 5. The van der Waals surface area contributed by atoms with E-state index in [4.69, 9.17) is 5.73 Å². The quantitative estimate of drug-likeness (QED) is 0.483. The molecule has 25 heavy (non-hydrogen) atoms. The lowest BCUT2D eigenvalue weighted by molar-refractivity contribution is -0.306. The number of methoxy groups -OCH3 is 1. The largest absolute Gasteiger partial charge is 0.550 e. The highest BCUT2D eigenvalue weighted by atomic mass is 19.4. The van der Waals surface area contributed by atoms with Gasteiger partial charge in [-0.05, 0) is 24.1 Å². The maximum absolute atomic E-state index is 12.9. The highest BCUT2D eigenvalue weighted by Crippen LogP contribution is 2.42. The number of esters is 1. The molecule has 0 radical (unpaired) electrons. The smallest absolute Gasteiger partial charge is 0.418 e. The van der Waals surface area contributed by atoms with Gasteiger partial charge in [-0.15, -0.1) is 0 Å². The third kappa shape index (κ3) is 5.26. The molecule has 0 heterocycles. The normalized spacial score (nSPS) is 13.4. The first-order valence-corrected chi connectivity index (χ1v) is 6.61. The third-order valence-electron chi connectivity index (χ3n) is 3.28. The zero-order valence-corrected chi connectivity index (χ0v) is 12.6. The Balaban J connectivity index is 3.43. The molecule has 0 bridgehead atoms. The molecular weight excluding hydrogens is 360 g/mol. The van der Waals surface area contributed by atoms with E-state index in [9.17, 15) is 41.0 Å². The second kappa shape index (κ2) is 7.19. The predicted molar refractivity (Wildman–Crippen MR) is 69.7 cm³/mol. The summed E-state index contributed by atoms with van der Waals surface area (Å²) < 4.78 is 81.9. The number of carboxylic acid groups (broad SMARTS) is 1. The van der Waals surface area contributed by atoms with E-state index in [1.165, 1.54) is 0 Å². The Bertz CT molecular complexity index is 633. The topological polar surface area (TPSA) is 92.5 Å². The van der Waals surface area contributed by atoms with Gasteiger partial charge in [0.25, 0.3) is 0 Å². The van der Waals surface area contributed by atoms with Crippen LogP contribution in [0.1, 0.15) is 23.1 Å². The van der Waals surface area contributed by atoms with Gasteiger partial charge in [0, 0.05) is 12.4 Å². The predicted octanol–water partition coefficient (Wildman–Crippen LogP) is 1.78. The van der Waals surface area contributed by atoms with E-state index in [1.807, 2.05) is 0 Å². The number of benzene rings is 1. The molecule has 1 aromatic carbocycles. The lowest BCUT2D eigenvalue weighted by atomic mass is 9.92. The molecule has 2 N–H and O–H groups in total. The molecule has 0 amide bonds. The van der Waals surface area contributed by atoms with Crippen LogP contribution in [-0.2, 0) is 33.1 Å². The van der Waals surface area contributed by atoms with Crippen LogP contribution < -0.4 is 10.8 Å². The van der Waals surface area contributed by atoms with Crippen LogP contribution in [0, 0.1) is 5.92 Å². The molecule has 1 atom stereocenters. The first kappa shape index (κ1) is 20.6. The summed E-state index contributed by atoms with van der Waals surface area (Å²) in [4.78, 5) is 22.1. The van der Waals surface area contributed by atoms with E-state index in [-0.39, 0.29) is 0 Å². The van der Waals surface area contributed by atoms with Crippen LogP contribution in [0.4, 0.5) is 32.0 Å². The Labute approximate surface area is 137 Å². The molecule has 11 heteroatoms. The average Bonchev–Trinajstić information content (AvgIpc) is 2.44. The SMILES string of the molecule is COC(=O)[C@H](CC(=O)[O-])Cc1cc(C(F)(F)F)c(N)c(C(F)(F)F)c1. The number of rotatable bonds is 5. The number of carbonyl (C=O) groups is 2. The minimum Gasteiger partial charge on any atom is -0.550 e. The van der Waals surface area contributed by atoms with Gasteiger partial charge >= 0.3 is 18.3 Å². The van der Waals surface area contributed by atoms with Crippen LogP contribution in [0.3, 0.4) is 0 Å². The van der Waals surface area contributed by atoms with Crippen LogP contribution in [0.15, 0.2) is 12.1 Å². The van der Waals surface area contributed by atoms with Gasteiger partial charge in [-0.1, -0.05) is 0 Å². The number of alkyl halides is 6. The zero-order valence-electron chi connectivity index (χ0n) is 12.6. The summed E-state index contributed by atoms with van der Waals surface area (Å²) in [7, 11) is 0.899. The van der Waals surface area contributed by atoms with Crippen molar-refractivity contribution in [2.75, 3.05) is 12.8 Å². The monoisotopic (exact) mass is 372 g/mol. The number of anilines is 1. The van der Waals surface area contributed by atoms with Gasteiger partial charge < -0.3 is 20.4 Å². The fourth-order valence-corrected chi connectivity index (χ4v) is 2.19. The summed E-state index contributed by atoms with van der Waals surface area (Å²) in [5.41, 5.74) is -0.535. The molecule has 140 valence electrons. The van der Waals surface area contributed by atoms with Crippen molar-refractivity contribution in [3.8, 4) is 0 Å². The van der Waals surface area contributed by atoms with Crippen molar-refractivity contribution in [2.45, 2.75) is 25.2 Å². The summed E-state index contributed by atoms with van der Waals surface area (Å²) in [6.07, 6.45) is -12.0. The second-order valence-corrected chi connectivity index (χ2v) is 5.10. The standard InChI is InChI=1S/C14H13F6NO4/c1-25-12(24)7(5-10(22)23)2-6-3-8(13(15,16)17)11(21)9(4-6)14(18,19)20/h3-4,7H,2,5,21H2,1H3,(H,22,23)/p-1/t7-/m0/s1. The number of hydrogen-bond donors (Lipinski definition) is 1. The minimum absolute atomic E-state index is 0.343. The Hall–Kier alpha value is -2.46. The van der Waals surface area contributed by atoms with E-state index in [2.05, 4.69) is 4.74 Å². The van der Waals surface area contributed by atoms with Crippen LogP contribution in [0.25, 0.3) is 0 Å². The molecular formula is C14H12F6NO4-. The average molecular weight is 372 g/mol. The summed E-state index contributed by atoms with van der Waals surface area (Å²) in [5.74, 6) is -4.33. The maximum atomic E-state index is 12.9. The Morgan fingerprint density at radius 1 is 1.12 bits per heavy atom. The van der Waals surface area contributed by atoms with Gasteiger partial charge in [0.05, 0.1) is 29.8 Å². The van der Waals surface area contributed by atoms with Crippen LogP contribution in [0.2, 0.25) is 0 Å². The molecule has 5 nitrogen and oxygen atoms in total. The first-order valence-electron chi connectivity index (χ1n) is 6.61. The van der Waals surface area contributed by atoms with Crippen molar-refractivity contribution in [3.63, 3.8) is 0 Å². The van der Waals surface area contributed by atoms with Crippen LogP contribution in [-0.4, -0.2) is 19.0 Å². The van der Waals surface area contributed by atoms with E-state index >= 15 is 0 Å². The number of ether oxygens (including phenoxy) is 1. The number of nitrogen functional groups attached to an aromatic ring is 1. The first-order chi connectivity index (χ1) is 11.3. The Kier molecular flexibility index (Phi) is 5.92. The summed E-state index contributed by atoms with van der Waals surface area (Å²) in [6.45, 7) is 0. The van der Waals surface area contributed by atoms with Gasteiger partial charge in [0.1, 0.15) is 0 Å². The van der Waals surface area contributed by atoms with Gasteiger partial charge in [0.15, 0.2) is 0 Å². The lowest BCUT2D eigenvalue weighted by Gasteiger charge is -2.20. The number of carbonyl (C=O) groups excluding carboxylic acids is 2. The maximum Gasteiger partial charge on any atom is 0.418 e. The van der Waals surface area contributed by atoms with Crippen LogP contribution in [0.5, 0.6) is 0 Å². The molecule has 1 rings (SSSR count). The second-order valence-electron chi connectivity index (χ2n) is 5.10. The molecule has 0 unspecified atom stereocenters. The fourth-order valence-electron chi connectivity index (χ4n) is 2.19.